The second kappa shape index (κ2) is 10.4. The van der Waals surface area contributed by atoms with Crippen molar-refractivity contribution in [1.29, 1.82) is 0 Å². The molecule has 1 rings (SSSR count). The lowest BCUT2D eigenvalue weighted by Crippen LogP contribution is -2.25. The summed E-state index contributed by atoms with van der Waals surface area (Å²) in [6, 6.07) is 7.41. The third-order valence-electron chi connectivity index (χ3n) is 2.91. The number of benzene rings is 1. The number of nitrogens with one attached hydrogen (secondary N) is 1. The summed E-state index contributed by atoms with van der Waals surface area (Å²) in [5.41, 5.74) is 7.15. The molecular weight excluding hydrogens is 276 g/mol. The van der Waals surface area contributed by atoms with Gasteiger partial charge in [0.05, 0.1) is 0 Å². The molecule has 0 bridgehead atoms. The Kier molecular flexibility index (Phi) is 9.68. The van der Waals surface area contributed by atoms with E-state index >= 15 is 0 Å². The third kappa shape index (κ3) is 7.26. The van der Waals surface area contributed by atoms with E-state index in [2.05, 4.69) is 5.32 Å². The summed E-state index contributed by atoms with van der Waals surface area (Å²) in [5.74, 6) is -0.0606. The van der Waals surface area contributed by atoms with Gasteiger partial charge < -0.3 is 11.1 Å². The number of unbranched alkanes of at least 4 members (excludes halogenated alkanes) is 1. The molecule has 0 saturated heterocycles. The van der Waals surface area contributed by atoms with Crippen molar-refractivity contribution in [2.24, 2.45) is 5.73 Å². The maximum atomic E-state index is 11.8. The van der Waals surface area contributed by atoms with Crippen molar-refractivity contribution in [2.75, 3.05) is 13.1 Å². The van der Waals surface area contributed by atoms with Crippen LogP contribution in [0.25, 0.3) is 0 Å². The van der Waals surface area contributed by atoms with Gasteiger partial charge in [-0.15, -0.1) is 12.4 Å². The summed E-state index contributed by atoms with van der Waals surface area (Å²) in [6.07, 6.45) is 2.29. The lowest BCUT2D eigenvalue weighted by molar-refractivity contribution is -0.121. The molecule has 0 aliphatic heterocycles. The maximum absolute atomic E-state index is 11.8. The Balaban J connectivity index is 0.00000361. The number of rotatable bonds is 8. The summed E-state index contributed by atoms with van der Waals surface area (Å²) in [5, 5.41) is 2.79. The standard InChI is InChI=1S/C15H22N2O2.ClH/c1-12-4-6-13(7-5-12)14(18)8-9-15(19)17-11-3-2-10-16;/h4-7H,2-3,8-11,16H2,1H3,(H,17,19);1H. The van der Waals surface area contributed by atoms with E-state index in [9.17, 15) is 9.59 Å². The highest BCUT2D eigenvalue weighted by Crippen LogP contribution is 2.07. The van der Waals surface area contributed by atoms with E-state index in [-0.39, 0.29) is 36.9 Å². The fourth-order valence-electron chi connectivity index (χ4n) is 1.70. The molecule has 0 radical (unpaired) electrons. The zero-order valence-electron chi connectivity index (χ0n) is 11.9. The highest BCUT2D eigenvalue weighted by atomic mass is 35.5. The van der Waals surface area contributed by atoms with E-state index in [1.165, 1.54) is 0 Å². The van der Waals surface area contributed by atoms with E-state index in [0.717, 1.165) is 18.4 Å². The zero-order chi connectivity index (χ0) is 14.1. The maximum Gasteiger partial charge on any atom is 0.220 e. The molecule has 0 heterocycles. The molecule has 0 fully saturated rings. The largest absolute Gasteiger partial charge is 0.356 e. The second-order valence-electron chi connectivity index (χ2n) is 4.63. The number of halogens is 1. The molecular formula is C15H23ClN2O2. The van der Waals surface area contributed by atoms with Crippen molar-refractivity contribution in [3.05, 3.63) is 35.4 Å². The fraction of sp³-hybridized carbons (Fsp3) is 0.467. The molecule has 0 spiro atoms. The van der Waals surface area contributed by atoms with Gasteiger partial charge in [0.15, 0.2) is 5.78 Å². The average molecular weight is 299 g/mol. The van der Waals surface area contributed by atoms with Gasteiger partial charge in [-0.1, -0.05) is 29.8 Å². The number of Topliss-reactive ketones (excluding diaryl/α,β-unsaturated/α-hetero) is 1. The van der Waals surface area contributed by atoms with E-state index < -0.39 is 0 Å². The van der Waals surface area contributed by atoms with Crippen molar-refractivity contribution in [2.45, 2.75) is 32.6 Å². The summed E-state index contributed by atoms with van der Waals surface area (Å²) < 4.78 is 0. The van der Waals surface area contributed by atoms with Crippen LogP contribution in [0.1, 0.15) is 41.6 Å². The number of hydrogen-bond acceptors (Lipinski definition) is 3. The molecule has 4 nitrogen and oxygen atoms in total. The number of ketones is 1. The van der Waals surface area contributed by atoms with Gasteiger partial charge in [0.2, 0.25) is 5.91 Å². The quantitative estimate of drug-likeness (QED) is 0.571. The molecule has 0 unspecified atom stereocenters. The molecule has 20 heavy (non-hydrogen) atoms. The van der Waals surface area contributed by atoms with E-state index in [0.29, 0.717) is 18.7 Å². The number of hydrogen-bond donors (Lipinski definition) is 2. The van der Waals surface area contributed by atoms with E-state index in [4.69, 9.17) is 5.73 Å². The highest BCUT2D eigenvalue weighted by molar-refractivity contribution is 5.97. The van der Waals surface area contributed by atoms with Gasteiger partial charge in [0.1, 0.15) is 0 Å². The summed E-state index contributed by atoms with van der Waals surface area (Å²) in [7, 11) is 0. The number of carbonyl (C=O) groups excluding carboxylic acids is 2. The van der Waals surface area contributed by atoms with Gasteiger partial charge in [-0.05, 0) is 26.3 Å². The van der Waals surface area contributed by atoms with Crippen LogP contribution in [0.3, 0.4) is 0 Å². The van der Waals surface area contributed by atoms with Crippen LogP contribution in [0, 0.1) is 6.92 Å². The Morgan fingerprint density at radius 2 is 1.75 bits per heavy atom. The van der Waals surface area contributed by atoms with Gasteiger partial charge in [-0.2, -0.15) is 0 Å². The number of carbonyl (C=O) groups is 2. The van der Waals surface area contributed by atoms with Crippen LogP contribution in [0.5, 0.6) is 0 Å². The van der Waals surface area contributed by atoms with Crippen molar-refractivity contribution < 1.29 is 9.59 Å². The second-order valence-corrected chi connectivity index (χ2v) is 4.63. The minimum absolute atomic E-state index is 0. The minimum atomic E-state index is -0.0718. The number of amides is 1. The van der Waals surface area contributed by atoms with E-state index in [1.807, 2.05) is 19.1 Å². The van der Waals surface area contributed by atoms with Gasteiger partial charge in [-0.3, -0.25) is 9.59 Å². The first-order chi connectivity index (χ1) is 9.13. The topological polar surface area (TPSA) is 72.2 Å². The van der Waals surface area contributed by atoms with Gasteiger partial charge in [0.25, 0.3) is 0 Å². The monoisotopic (exact) mass is 298 g/mol. The lowest BCUT2D eigenvalue weighted by atomic mass is 10.1. The molecule has 0 aromatic heterocycles. The molecule has 3 N–H and O–H groups in total. The van der Waals surface area contributed by atoms with Crippen molar-refractivity contribution in [1.82, 2.24) is 5.32 Å². The Hall–Kier alpha value is -1.39. The fourth-order valence-corrected chi connectivity index (χ4v) is 1.70. The predicted molar refractivity (Wildman–Crippen MR) is 83.3 cm³/mol. The number of aryl methyl sites for hydroxylation is 1. The zero-order valence-corrected chi connectivity index (χ0v) is 12.7. The van der Waals surface area contributed by atoms with Crippen molar-refractivity contribution in [3.63, 3.8) is 0 Å². The van der Waals surface area contributed by atoms with Gasteiger partial charge >= 0.3 is 0 Å². The Labute approximate surface area is 126 Å². The molecule has 0 saturated carbocycles. The molecule has 1 aromatic carbocycles. The van der Waals surface area contributed by atoms with Crippen LogP contribution in [0.2, 0.25) is 0 Å². The first kappa shape index (κ1) is 18.6. The molecule has 112 valence electrons. The van der Waals surface area contributed by atoms with Crippen LogP contribution in [-0.4, -0.2) is 24.8 Å². The van der Waals surface area contributed by atoms with E-state index in [1.54, 1.807) is 12.1 Å². The van der Waals surface area contributed by atoms with Gasteiger partial charge in [-0.25, -0.2) is 0 Å². The summed E-state index contributed by atoms with van der Waals surface area (Å²) >= 11 is 0. The van der Waals surface area contributed by atoms with Crippen LogP contribution in [-0.2, 0) is 4.79 Å². The van der Waals surface area contributed by atoms with Crippen molar-refractivity contribution >= 4 is 24.1 Å². The molecule has 1 aromatic rings. The van der Waals surface area contributed by atoms with Crippen LogP contribution in [0.15, 0.2) is 24.3 Å². The van der Waals surface area contributed by atoms with Crippen LogP contribution < -0.4 is 11.1 Å². The van der Waals surface area contributed by atoms with Crippen LogP contribution >= 0.6 is 12.4 Å². The normalized spacial score (nSPS) is 9.70. The minimum Gasteiger partial charge on any atom is -0.356 e. The molecule has 0 aliphatic carbocycles. The lowest BCUT2D eigenvalue weighted by Gasteiger charge is -2.04. The Morgan fingerprint density at radius 3 is 2.35 bits per heavy atom. The SMILES string of the molecule is Cc1ccc(C(=O)CCC(=O)NCCCCN)cc1.Cl. The van der Waals surface area contributed by atoms with Crippen LogP contribution in [0.4, 0.5) is 0 Å². The first-order valence-corrected chi connectivity index (χ1v) is 6.70. The molecule has 1 amide bonds. The Bertz CT molecular complexity index is 418. The summed E-state index contributed by atoms with van der Waals surface area (Å²) in [6.45, 7) is 3.25. The average Bonchev–Trinajstić information content (AvgIpc) is 2.42. The predicted octanol–water partition coefficient (Wildman–Crippen LogP) is 2.23. The molecule has 5 heteroatoms. The molecule has 0 atom stereocenters. The first-order valence-electron chi connectivity index (χ1n) is 6.70. The highest BCUT2D eigenvalue weighted by Gasteiger charge is 2.08. The smallest absolute Gasteiger partial charge is 0.220 e. The number of nitrogens with two attached hydrogens (primary N) is 1. The third-order valence-corrected chi connectivity index (χ3v) is 2.91. The van der Waals surface area contributed by atoms with Crippen molar-refractivity contribution in [3.8, 4) is 0 Å². The Morgan fingerprint density at radius 1 is 1.10 bits per heavy atom. The summed E-state index contributed by atoms with van der Waals surface area (Å²) in [4.78, 5) is 23.3. The molecule has 0 aliphatic rings. The van der Waals surface area contributed by atoms with Gasteiger partial charge in [0, 0.05) is 24.9 Å².